The molecule has 0 aliphatic heterocycles. The van der Waals surface area contributed by atoms with E-state index < -0.39 is 5.97 Å². The minimum absolute atomic E-state index is 0.0533. The number of anilines is 1. The van der Waals surface area contributed by atoms with Crippen molar-refractivity contribution in [2.75, 3.05) is 12.4 Å². The van der Waals surface area contributed by atoms with Gasteiger partial charge in [0.15, 0.2) is 5.69 Å². The summed E-state index contributed by atoms with van der Waals surface area (Å²) in [7, 11) is 1.25. The van der Waals surface area contributed by atoms with Gasteiger partial charge in [-0.1, -0.05) is 5.21 Å². The zero-order valence-electron chi connectivity index (χ0n) is 12.0. The number of carbonyl (C=O) groups is 2. The van der Waals surface area contributed by atoms with Crippen LogP contribution in [0.15, 0.2) is 18.5 Å². The summed E-state index contributed by atoms with van der Waals surface area (Å²) in [6.07, 6.45) is 2.96. The van der Waals surface area contributed by atoms with Gasteiger partial charge in [-0.05, 0) is 13.8 Å². The van der Waals surface area contributed by atoms with Crippen molar-refractivity contribution in [1.82, 2.24) is 24.8 Å². The molecule has 9 heteroatoms. The van der Waals surface area contributed by atoms with E-state index in [2.05, 4.69) is 25.5 Å². The smallest absolute Gasteiger partial charge is 0.360 e. The second kappa shape index (κ2) is 6.16. The molecular weight excluding hydrogens is 276 g/mol. The average Bonchev–Trinajstić information content (AvgIpc) is 3.07. The number of esters is 1. The van der Waals surface area contributed by atoms with Gasteiger partial charge in [-0.25, -0.2) is 14.2 Å². The van der Waals surface area contributed by atoms with E-state index >= 15 is 0 Å². The Balaban J connectivity index is 2.00. The van der Waals surface area contributed by atoms with Crippen molar-refractivity contribution >= 4 is 17.7 Å². The summed E-state index contributed by atoms with van der Waals surface area (Å²) >= 11 is 0. The van der Waals surface area contributed by atoms with E-state index in [-0.39, 0.29) is 24.2 Å². The number of hydrogen-bond acceptors (Lipinski definition) is 6. The van der Waals surface area contributed by atoms with Gasteiger partial charge in [0.05, 0.1) is 19.5 Å². The molecule has 0 aliphatic rings. The number of hydrogen-bond donors (Lipinski definition) is 1. The fraction of sp³-hybridized carbons (Fsp3) is 0.417. The molecule has 0 aliphatic carbocycles. The Kier molecular flexibility index (Phi) is 4.31. The lowest BCUT2D eigenvalue weighted by atomic mass is 10.4. The molecule has 2 rings (SSSR count). The topological polar surface area (TPSA) is 104 Å². The molecule has 2 aromatic heterocycles. The van der Waals surface area contributed by atoms with Crippen LogP contribution in [-0.2, 0) is 16.1 Å². The second-order valence-corrected chi connectivity index (χ2v) is 4.60. The summed E-state index contributed by atoms with van der Waals surface area (Å²) in [6.45, 7) is 3.86. The van der Waals surface area contributed by atoms with Gasteiger partial charge < -0.3 is 10.1 Å². The Morgan fingerprint density at radius 1 is 1.43 bits per heavy atom. The van der Waals surface area contributed by atoms with Crippen molar-refractivity contribution in [2.24, 2.45) is 0 Å². The van der Waals surface area contributed by atoms with Crippen molar-refractivity contribution in [3.8, 4) is 0 Å². The van der Waals surface area contributed by atoms with Gasteiger partial charge >= 0.3 is 5.97 Å². The van der Waals surface area contributed by atoms with Crippen LogP contribution in [0.4, 0.5) is 5.82 Å². The van der Waals surface area contributed by atoms with E-state index in [9.17, 15) is 9.59 Å². The molecule has 112 valence electrons. The minimum atomic E-state index is -0.598. The van der Waals surface area contributed by atoms with Crippen LogP contribution in [0.25, 0.3) is 0 Å². The molecule has 0 fully saturated rings. The molecule has 0 saturated carbocycles. The quantitative estimate of drug-likeness (QED) is 0.804. The first kappa shape index (κ1) is 14.7. The third-order valence-electron chi connectivity index (χ3n) is 2.67. The zero-order valence-corrected chi connectivity index (χ0v) is 12.0. The van der Waals surface area contributed by atoms with Gasteiger partial charge in [0.1, 0.15) is 12.4 Å². The summed E-state index contributed by atoms with van der Waals surface area (Å²) in [6, 6.07) is 1.84. The van der Waals surface area contributed by atoms with Crippen LogP contribution in [-0.4, -0.2) is 43.8 Å². The maximum Gasteiger partial charge on any atom is 0.360 e. The van der Waals surface area contributed by atoms with Crippen LogP contribution >= 0.6 is 0 Å². The normalized spacial score (nSPS) is 10.7. The van der Waals surface area contributed by atoms with Crippen molar-refractivity contribution in [2.45, 2.75) is 26.4 Å². The first-order valence-electron chi connectivity index (χ1n) is 6.33. The largest absolute Gasteiger partial charge is 0.464 e. The number of nitrogens with zero attached hydrogens (tertiary/aromatic N) is 5. The zero-order chi connectivity index (χ0) is 15.4. The van der Waals surface area contributed by atoms with Gasteiger partial charge in [0.25, 0.3) is 0 Å². The fourth-order valence-corrected chi connectivity index (χ4v) is 1.73. The van der Waals surface area contributed by atoms with Crippen LogP contribution in [0.2, 0.25) is 0 Å². The summed E-state index contributed by atoms with van der Waals surface area (Å²) < 4.78 is 7.47. The average molecular weight is 292 g/mol. The highest BCUT2D eigenvalue weighted by atomic mass is 16.5. The molecule has 1 amide bonds. The summed E-state index contributed by atoms with van der Waals surface area (Å²) in [5.41, 5.74) is 0.0533. The molecule has 21 heavy (non-hydrogen) atoms. The maximum atomic E-state index is 11.9. The van der Waals surface area contributed by atoms with Crippen LogP contribution in [0, 0.1) is 0 Å². The summed E-state index contributed by atoms with van der Waals surface area (Å²) in [5.74, 6) is -0.290. The SMILES string of the molecule is COC(=O)c1cn(CC(=O)Nc2ccnn2C(C)C)nn1. The lowest BCUT2D eigenvalue weighted by Gasteiger charge is -2.11. The summed E-state index contributed by atoms with van der Waals surface area (Å²) in [5, 5.41) is 14.2. The molecule has 1 N–H and O–H groups in total. The number of aromatic nitrogens is 5. The maximum absolute atomic E-state index is 11.9. The molecule has 0 radical (unpaired) electrons. The van der Waals surface area contributed by atoms with Crippen LogP contribution in [0.3, 0.4) is 0 Å². The van der Waals surface area contributed by atoms with Crippen LogP contribution in [0.1, 0.15) is 30.4 Å². The molecule has 0 spiro atoms. The van der Waals surface area contributed by atoms with Crippen molar-refractivity contribution < 1.29 is 14.3 Å². The van der Waals surface area contributed by atoms with Gasteiger partial charge in [0.2, 0.25) is 5.91 Å². The molecule has 2 aromatic rings. The van der Waals surface area contributed by atoms with Gasteiger partial charge in [-0.2, -0.15) is 5.10 Å². The standard InChI is InChI=1S/C12H16N6O3/c1-8(2)18-10(4-5-13-18)14-11(19)7-17-6-9(15-16-17)12(20)21-3/h4-6,8H,7H2,1-3H3,(H,14,19). The third-order valence-corrected chi connectivity index (χ3v) is 2.67. The van der Waals surface area contributed by atoms with E-state index in [0.29, 0.717) is 5.82 Å². The number of carbonyl (C=O) groups excluding carboxylic acids is 2. The Hall–Kier alpha value is -2.71. The molecule has 9 nitrogen and oxygen atoms in total. The number of ether oxygens (including phenoxy) is 1. The lowest BCUT2D eigenvalue weighted by Crippen LogP contribution is -2.21. The Morgan fingerprint density at radius 2 is 2.19 bits per heavy atom. The predicted octanol–water partition coefficient (Wildman–Crippen LogP) is 0.481. The highest BCUT2D eigenvalue weighted by molar-refractivity contribution is 5.90. The Labute approximate surface area is 120 Å². The third kappa shape index (κ3) is 3.44. The van der Waals surface area contributed by atoms with Crippen molar-refractivity contribution in [1.29, 1.82) is 0 Å². The first-order valence-corrected chi connectivity index (χ1v) is 6.33. The van der Waals surface area contributed by atoms with Gasteiger partial charge in [0, 0.05) is 12.1 Å². The highest BCUT2D eigenvalue weighted by Gasteiger charge is 2.14. The Morgan fingerprint density at radius 3 is 2.86 bits per heavy atom. The fourth-order valence-electron chi connectivity index (χ4n) is 1.73. The molecule has 0 unspecified atom stereocenters. The number of methoxy groups -OCH3 is 1. The molecule has 0 aromatic carbocycles. The molecule has 0 saturated heterocycles. The van der Waals surface area contributed by atoms with E-state index in [1.165, 1.54) is 18.0 Å². The van der Waals surface area contributed by atoms with Crippen molar-refractivity contribution in [3.63, 3.8) is 0 Å². The monoisotopic (exact) mass is 292 g/mol. The second-order valence-electron chi connectivity index (χ2n) is 4.60. The number of rotatable bonds is 5. The van der Waals surface area contributed by atoms with E-state index in [0.717, 1.165) is 0 Å². The van der Waals surface area contributed by atoms with Crippen LogP contribution < -0.4 is 5.32 Å². The predicted molar refractivity (Wildman–Crippen MR) is 72.6 cm³/mol. The number of amides is 1. The lowest BCUT2D eigenvalue weighted by molar-refractivity contribution is -0.117. The van der Waals surface area contributed by atoms with E-state index in [4.69, 9.17) is 0 Å². The Bertz CT molecular complexity index is 645. The van der Waals surface area contributed by atoms with E-state index in [1.807, 2.05) is 13.8 Å². The highest BCUT2D eigenvalue weighted by Crippen LogP contribution is 2.12. The molecule has 0 atom stereocenters. The number of nitrogens with one attached hydrogen (secondary N) is 1. The molecular formula is C12H16N6O3. The van der Waals surface area contributed by atoms with Crippen molar-refractivity contribution in [3.05, 3.63) is 24.2 Å². The molecule has 2 heterocycles. The van der Waals surface area contributed by atoms with E-state index in [1.54, 1.807) is 16.9 Å². The molecule has 0 bridgehead atoms. The van der Waals surface area contributed by atoms with Gasteiger partial charge in [-0.15, -0.1) is 5.10 Å². The van der Waals surface area contributed by atoms with Gasteiger partial charge in [-0.3, -0.25) is 4.79 Å². The summed E-state index contributed by atoms with van der Waals surface area (Å²) in [4.78, 5) is 23.2. The minimum Gasteiger partial charge on any atom is -0.464 e. The first-order chi connectivity index (χ1) is 10.0. The van der Waals surface area contributed by atoms with Crippen LogP contribution in [0.5, 0.6) is 0 Å².